The monoisotopic (exact) mass is 471 g/mol. The highest BCUT2D eigenvalue weighted by Crippen LogP contribution is 2.41. The molecule has 1 heterocycles. The van der Waals surface area contributed by atoms with Crippen molar-refractivity contribution in [3.05, 3.63) is 57.0 Å². The SMILES string of the molecule is COC[C@H](C)Oc1ccc(NC(=O)C2(c3ccc(Cl)cc3Cl)CCOCC2)cc1Cl. The molecule has 2 aromatic rings. The fraction of sp³-hybridized carbons (Fsp3) is 0.409. The molecule has 8 heteroatoms. The normalized spacial score (nSPS) is 16.7. The molecule has 2 aromatic carbocycles. The van der Waals surface area contributed by atoms with Crippen LogP contribution in [0, 0.1) is 0 Å². The van der Waals surface area contributed by atoms with Crippen LogP contribution in [0.1, 0.15) is 25.3 Å². The van der Waals surface area contributed by atoms with Crippen molar-refractivity contribution in [3.8, 4) is 5.75 Å². The van der Waals surface area contributed by atoms with Crippen molar-refractivity contribution in [2.45, 2.75) is 31.3 Å². The van der Waals surface area contributed by atoms with Crippen molar-refractivity contribution in [2.24, 2.45) is 0 Å². The topological polar surface area (TPSA) is 56.8 Å². The summed E-state index contributed by atoms with van der Waals surface area (Å²) in [7, 11) is 1.61. The minimum atomic E-state index is -0.811. The molecule has 1 aliphatic heterocycles. The predicted octanol–water partition coefficient (Wildman–Crippen LogP) is 5.75. The summed E-state index contributed by atoms with van der Waals surface area (Å²) in [6, 6.07) is 10.4. The van der Waals surface area contributed by atoms with E-state index >= 15 is 0 Å². The first-order valence-corrected chi connectivity index (χ1v) is 10.8. The van der Waals surface area contributed by atoms with Crippen molar-refractivity contribution in [1.29, 1.82) is 0 Å². The van der Waals surface area contributed by atoms with Gasteiger partial charge in [-0.2, -0.15) is 0 Å². The maximum absolute atomic E-state index is 13.4. The van der Waals surface area contributed by atoms with E-state index < -0.39 is 5.41 Å². The van der Waals surface area contributed by atoms with E-state index in [4.69, 9.17) is 49.0 Å². The molecule has 0 aromatic heterocycles. The molecule has 162 valence electrons. The maximum Gasteiger partial charge on any atom is 0.235 e. The summed E-state index contributed by atoms with van der Waals surface area (Å²) >= 11 is 18.9. The second-order valence-corrected chi connectivity index (χ2v) is 8.55. The molecular weight excluding hydrogens is 449 g/mol. The Labute approximate surface area is 191 Å². The van der Waals surface area contributed by atoms with Gasteiger partial charge in [0.15, 0.2) is 0 Å². The second-order valence-electron chi connectivity index (χ2n) is 7.30. The van der Waals surface area contributed by atoms with Gasteiger partial charge in [0.25, 0.3) is 0 Å². The fourth-order valence-electron chi connectivity index (χ4n) is 3.63. The van der Waals surface area contributed by atoms with Gasteiger partial charge in [0.2, 0.25) is 5.91 Å². The average Bonchev–Trinajstić information content (AvgIpc) is 2.70. The summed E-state index contributed by atoms with van der Waals surface area (Å²) < 4.78 is 16.3. The zero-order valence-electron chi connectivity index (χ0n) is 16.8. The third kappa shape index (κ3) is 5.21. The molecule has 0 bridgehead atoms. The fourth-order valence-corrected chi connectivity index (χ4v) is 4.44. The lowest BCUT2D eigenvalue weighted by atomic mass is 9.73. The molecule has 30 heavy (non-hydrogen) atoms. The number of ether oxygens (including phenoxy) is 3. The summed E-state index contributed by atoms with van der Waals surface area (Å²) in [6.07, 6.45) is 0.887. The second kappa shape index (κ2) is 10.2. The molecule has 5 nitrogen and oxygen atoms in total. The highest BCUT2D eigenvalue weighted by molar-refractivity contribution is 6.35. The zero-order chi connectivity index (χ0) is 21.7. The lowest BCUT2D eigenvalue weighted by Crippen LogP contribution is -2.45. The molecule has 1 fully saturated rings. The first-order valence-electron chi connectivity index (χ1n) is 9.65. The van der Waals surface area contributed by atoms with Crippen LogP contribution in [-0.2, 0) is 19.7 Å². The number of halogens is 3. The van der Waals surface area contributed by atoms with E-state index in [1.54, 1.807) is 37.4 Å². The minimum Gasteiger partial charge on any atom is -0.487 e. The lowest BCUT2D eigenvalue weighted by molar-refractivity contribution is -0.125. The average molecular weight is 473 g/mol. The molecule has 0 saturated carbocycles. The van der Waals surface area contributed by atoms with E-state index in [9.17, 15) is 4.79 Å². The Morgan fingerprint density at radius 1 is 1.13 bits per heavy atom. The Kier molecular flexibility index (Phi) is 7.88. The molecule has 1 N–H and O–H groups in total. The quantitative estimate of drug-likeness (QED) is 0.557. The molecule has 3 rings (SSSR count). The van der Waals surface area contributed by atoms with Gasteiger partial charge in [-0.25, -0.2) is 0 Å². The number of carbonyl (C=O) groups excluding carboxylic acids is 1. The van der Waals surface area contributed by atoms with Gasteiger partial charge in [0, 0.05) is 36.1 Å². The third-order valence-corrected chi connectivity index (χ3v) is 5.99. The Bertz CT molecular complexity index is 900. The van der Waals surface area contributed by atoms with Crippen LogP contribution in [-0.4, -0.2) is 38.9 Å². The Hall–Kier alpha value is -1.50. The van der Waals surface area contributed by atoms with Gasteiger partial charge in [0.1, 0.15) is 11.9 Å². The van der Waals surface area contributed by atoms with Crippen LogP contribution in [0.25, 0.3) is 0 Å². The first-order chi connectivity index (χ1) is 14.4. The number of rotatable bonds is 7. The van der Waals surface area contributed by atoms with Crippen LogP contribution < -0.4 is 10.1 Å². The maximum atomic E-state index is 13.4. The highest BCUT2D eigenvalue weighted by Gasteiger charge is 2.43. The van der Waals surface area contributed by atoms with Gasteiger partial charge in [-0.3, -0.25) is 4.79 Å². The van der Waals surface area contributed by atoms with E-state index in [2.05, 4.69) is 5.32 Å². The number of hydrogen-bond acceptors (Lipinski definition) is 4. The van der Waals surface area contributed by atoms with E-state index in [1.165, 1.54) is 0 Å². The summed E-state index contributed by atoms with van der Waals surface area (Å²) in [4.78, 5) is 13.4. The van der Waals surface area contributed by atoms with E-state index in [0.29, 0.717) is 59.2 Å². The van der Waals surface area contributed by atoms with E-state index in [-0.39, 0.29) is 12.0 Å². The van der Waals surface area contributed by atoms with Crippen molar-refractivity contribution in [2.75, 3.05) is 32.2 Å². The van der Waals surface area contributed by atoms with Gasteiger partial charge < -0.3 is 19.5 Å². The van der Waals surface area contributed by atoms with Crippen molar-refractivity contribution < 1.29 is 19.0 Å². The molecular formula is C22H24Cl3NO4. The zero-order valence-corrected chi connectivity index (χ0v) is 19.1. The molecule has 1 saturated heterocycles. The summed E-state index contributed by atoms with van der Waals surface area (Å²) in [5.74, 6) is 0.369. The van der Waals surface area contributed by atoms with Crippen molar-refractivity contribution in [3.63, 3.8) is 0 Å². The molecule has 1 amide bonds. The summed E-state index contributed by atoms with van der Waals surface area (Å²) in [5.41, 5.74) is 0.510. The van der Waals surface area contributed by atoms with Gasteiger partial charge in [-0.15, -0.1) is 0 Å². The van der Waals surface area contributed by atoms with Gasteiger partial charge in [0.05, 0.1) is 17.0 Å². The van der Waals surface area contributed by atoms with Crippen LogP contribution in [0.5, 0.6) is 5.75 Å². The van der Waals surface area contributed by atoms with Crippen LogP contribution in [0.2, 0.25) is 15.1 Å². The number of nitrogens with one attached hydrogen (secondary N) is 1. The van der Waals surface area contributed by atoms with Crippen molar-refractivity contribution >= 4 is 46.4 Å². The highest BCUT2D eigenvalue weighted by atomic mass is 35.5. The number of benzene rings is 2. The number of hydrogen-bond donors (Lipinski definition) is 1. The molecule has 0 unspecified atom stereocenters. The smallest absolute Gasteiger partial charge is 0.235 e. The number of carbonyl (C=O) groups is 1. The minimum absolute atomic E-state index is 0.148. The molecule has 0 spiro atoms. The third-order valence-electron chi connectivity index (χ3n) is 5.15. The van der Waals surface area contributed by atoms with Crippen LogP contribution in [0.4, 0.5) is 5.69 Å². The summed E-state index contributed by atoms with van der Waals surface area (Å²) in [5, 5.41) is 4.38. The lowest BCUT2D eigenvalue weighted by Gasteiger charge is -2.36. The molecule has 0 radical (unpaired) electrons. The van der Waals surface area contributed by atoms with Crippen LogP contribution in [0.3, 0.4) is 0 Å². The molecule has 1 aliphatic rings. The molecule has 0 aliphatic carbocycles. The van der Waals surface area contributed by atoms with Gasteiger partial charge >= 0.3 is 0 Å². The molecule has 1 atom stereocenters. The standard InChI is InChI=1S/C22H24Cl3NO4/c1-14(13-28-2)30-20-6-4-16(12-19(20)25)26-21(27)22(7-9-29-10-8-22)17-5-3-15(23)11-18(17)24/h3-6,11-12,14H,7-10,13H2,1-2H3,(H,26,27)/t14-/m0/s1. The number of amides is 1. The Balaban J connectivity index is 1.84. The Morgan fingerprint density at radius 2 is 1.87 bits per heavy atom. The first kappa shape index (κ1) is 23.2. The Morgan fingerprint density at radius 3 is 2.50 bits per heavy atom. The largest absolute Gasteiger partial charge is 0.487 e. The van der Waals surface area contributed by atoms with E-state index in [1.807, 2.05) is 13.0 Å². The van der Waals surface area contributed by atoms with Crippen LogP contribution in [0.15, 0.2) is 36.4 Å². The van der Waals surface area contributed by atoms with E-state index in [0.717, 1.165) is 5.56 Å². The summed E-state index contributed by atoms with van der Waals surface area (Å²) in [6.45, 7) is 3.27. The number of anilines is 1. The number of methoxy groups -OCH3 is 1. The van der Waals surface area contributed by atoms with Crippen molar-refractivity contribution in [1.82, 2.24) is 0 Å². The predicted molar refractivity (Wildman–Crippen MR) is 120 cm³/mol. The van der Waals surface area contributed by atoms with Gasteiger partial charge in [-0.05, 0) is 55.7 Å². The van der Waals surface area contributed by atoms with Crippen LogP contribution >= 0.6 is 34.8 Å². The van der Waals surface area contributed by atoms with Gasteiger partial charge in [-0.1, -0.05) is 40.9 Å².